The lowest BCUT2D eigenvalue weighted by atomic mass is 9.95. The Morgan fingerprint density at radius 2 is 1.64 bits per heavy atom. The van der Waals surface area contributed by atoms with E-state index in [9.17, 15) is 9.59 Å². The van der Waals surface area contributed by atoms with Gasteiger partial charge in [-0.2, -0.15) is 0 Å². The van der Waals surface area contributed by atoms with Gasteiger partial charge in [-0.15, -0.1) is 11.8 Å². The predicted octanol–water partition coefficient (Wildman–Crippen LogP) is 6.75. The molecule has 1 N–H and O–H groups in total. The van der Waals surface area contributed by atoms with E-state index in [4.69, 9.17) is 34.8 Å². The highest BCUT2D eigenvalue weighted by Crippen LogP contribution is 2.28. The number of benzene rings is 2. The molecule has 2 amide bonds. The average molecular weight is 528 g/mol. The number of nitrogens with one attached hydrogen (secondary N) is 1. The number of halogens is 3. The van der Waals surface area contributed by atoms with Crippen molar-refractivity contribution < 1.29 is 9.59 Å². The van der Waals surface area contributed by atoms with Crippen molar-refractivity contribution in [2.75, 3.05) is 5.75 Å². The molecule has 2 aromatic rings. The van der Waals surface area contributed by atoms with E-state index in [1.54, 1.807) is 30.0 Å². The Morgan fingerprint density at radius 1 is 1.00 bits per heavy atom. The number of thioether (sulfide) groups is 1. The molecule has 3 rings (SSSR count). The fraction of sp³-hybridized carbons (Fsp3) is 0.440. The molecule has 1 fully saturated rings. The smallest absolute Gasteiger partial charge is 0.242 e. The van der Waals surface area contributed by atoms with Gasteiger partial charge in [0, 0.05) is 39.0 Å². The number of amides is 2. The molecule has 1 saturated carbocycles. The summed E-state index contributed by atoms with van der Waals surface area (Å²) in [7, 11) is 0. The Hall–Kier alpha value is -1.40. The summed E-state index contributed by atoms with van der Waals surface area (Å²) in [5.41, 5.74) is 1.61. The first-order valence-corrected chi connectivity index (χ1v) is 13.5. The van der Waals surface area contributed by atoms with E-state index in [1.165, 1.54) is 18.2 Å². The van der Waals surface area contributed by atoms with E-state index in [2.05, 4.69) is 5.32 Å². The summed E-state index contributed by atoms with van der Waals surface area (Å²) >= 11 is 20.5. The monoisotopic (exact) mass is 526 g/mol. The van der Waals surface area contributed by atoms with Crippen LogP contribution in [0.4, 0.5) is 0 Å². The van der Waals surface area contributed by atoms with E-state index in [0.717, 1.165) is 31.2 Å². The minimum atomic E-state index is -0.646. The van der Waals surface area contributed by atoms with Crippen LogP contribution in [0.3, 0.4) is 0 Å². The van der Waals surface area contributed by atoms with Gasteiger partial charge in [0.2, 0.25) is 11.8 Å². The molecule has 0 aromatic heterocycles. The van der Waals surface area contributed by atoms with E-state index in [0.29, 0.717) is 26.4 Å². The summed E-state index contributed by atoms with van der Waals surface area (Å²) < 4.78 is 0. The summed E-state index contributed by atoms with van der Waals surface area (Å²) in [6.07, 6.45) is 5.42. The Labute approximate surface area is 215 Å². The van der Waals surface area contributed by atoms with Crippen LogP contribution in [0.25, 0.3) is 0 Å². The maximum Gasteiger partial charge on any atom is 0.242 e. The van der Waals surface area contributed by atoms with Crippen molar-refractivity contribution in [3.8, 4) is 0 Å². The van der Waals surface area contributed by atoms with Crippen molar-refractivity contribution in [2.45, 2.75) is 63.4 Å². The van der Waals surface area contributed by atoms with Gasteiger partial charge >= 0.3 is 0 Å². The lowest BCUT2D eigenvalue weighted by molar-refractivity contribution is -0.139. The Kier molecular flexibility index (Phi) is 10.2. The van der Waals surface area contributed by atoms with Crippen molar-refractivity contribution in [1.29, 1.82) is 0 Å². The number of hydrogen-bond acceptors (Lipinski definition) is 3. The first-order chi connectivity index (χ1) is 15.9. The summed E-state index contributed by atoms with van der Waals surface area (Å²) in [5, 5.41) is 4.77. The molecule has 1 aliphatic carbocycles. The fourth-order valence-corrected chi connectivity index (χ4v) is 5.66. The van der Waals surface area contributed by atoms with Crippen molar-refractivity contribution in [3.63, 3.8) is 0 Å². The maximum absolute atomic E-state index is 13.3. The molecule has 33 heavy (non-hydrogen) atoms. The van der Waals surface area contributed by atoms with Gasteiger partial charge in [0.25, 0.3) is 0 Å². The molecule has 1 atom stereocenters. The summed E-state index contributed by atoms with van der Waals surface area (Å²) in [6, 6.07) is 12.4. The number of rotatable bonds is 9. The molecule has 2 aromatic carbocycles. The molecule has 0 saturated heterocycles. The quantitative estimate of drug-likeness (QED) is 0.392. The molecule has 0 aliphatic heterocycles. The Balaban J connectivity index is 1.71. The van der Waals surface area contributed by atoms with Gasteiger partial charge in [0.1, 0.15) is 6.04 Å². The van der Waals surface area contributed by atoms with Crippen molar-refractivity contribution in [1.82, 2.24) is 10.2 Å². The third-order valence-electron chi connectivity index (χ3n) is 5.95. The van der Waals surface area contributed by atoms with E-state index in [-0.39, 0.29) is 30.2 Å². The Morgan fingerprint density at radius 3 is 2.30 bits per heavy atom. The number of hydrogen-bond donors (Lipinski definition) is 1. The molecule has 0 spiro atoms. The first kappa shape index (κ1) is 26.2. The second kappa shape index (κ2) is 12.9. The van der Waals surface area contributed by atoms with Crippen LogP contribution >= 0.6 is 46.6 Å². The zero-order valence-electron chi connectivity index (χ0n) is 18.7. The highest BCUT2D eigenvalue weighted by atomic mass is 35.5. The number of carbonyl (C=O) groups excluding carboxylic acids is 2. The summed E-state index contributed by atoms with van der Waals surface area (Å²) in [6.45, 7) is 1.93. The standard InChI is InChI=1S/C25H29Cl3N2O2S/c1-17(25(32)29-19-9-3-2-4-10-19)30(14-20-22(27)12-7-13-23(20)28)24(31)16-33-15-18-8-5-6-11-21(18)26/h5-8,11-13,17,19H,2-4,9-10,14-16H2,1H3,(H,29,32)/t17-/m0/s1. The highest BCUT2D eigenvalue weighted by molar-refractivity contribution is 7.99. The van der Waals surface area contributed by atoms with Crippen molar-refractivity contribution >= 4 is 58.4 Å². The number of nitrogens with zero attached hydrogens (tertiary/aromatic N) is 1. The molecule has 8 heteroatoms. The average Bonchev–Trinajstić information content (AvgIpc) is 2.80. The van der Waals surface area contributed by atoms with Gasteiger partial charge in [-0.1, -0.05) is 78.3 Å². The largest absolute Gasteiger partial charge is 0.352 e. The van der Waals surface area contributed by atoms with Crippen LogP contribution in [-0.4, -0.2) is 34.6 Å². The molecular formula is C25H29Cl3N2O2S. The van der Waals surface area contributed by atoms with Crippen molar-refractivity contribution in [3.05, 3.63) is 68.7 Å². The van der Waals surface area contributed by atoms with Crippen LogP contribution in [0, 0.1) is 0 Å². The van der Waals surface area contributed by atoms with Crippen LogP contribution in [0.5, 0.6) is 0 Å². The van der Waals surface area contributed by atoms with Gasteiger partial charge in [0.05, 0.1) is 5.75 Å². The highest BCUT2D eigenvalue weighted by Gasteiger charge is 2.29. The van der Waals surface area contributed by atoms with Gasteiger partial charge in [0.15, 0.2) is 0 Å². The lowest BCUT2D eigenvalue weighted by Crippen LogP contribution is -2.50. The molecule has 0 heterocycles. The molecule has 0 bridgehead atoms. The van der Waals surface area contributed by atoms with Crippen LogP contribution < -0.4 is 5.32 Å². The lowest BCUT2D eigenvalue weighted by Gasteiger charge is -2.31. The first-order valence-electron chi connectivity index (χ1n) is 11.2. The summed E-state index contributed by atoms with van der Waals surface area (Å²) in [5.74, 6) is 0.534. The molecule has 4 nitrogen and oxygen atoms in total. The van der Waals surface area contributed by atoms with E-state index in [1.807, 2.05) is 24.3 Å². The summed E-state index contributed by atoms with van der Waals surface area (Å²) in [4.78, 5) is 27.9. The molecular weight excluding hydrogens is 499 g/mol. The van der Waals surface area contributed by atoms with Gasteiger partial charge in [-0.25, -0.2) is 0 Å². The second-order valence-electron chi connectivity index (χ2n) is 8.33. The van der Waals surface area contributed by atoms with Crippen LogP contribution in [0.2, 0.25) is 15.1 Å². The normalized spacial score (nSPS) is 15.2. The third-order valence-corrected chi connectivity index (χ3v) is 7.99. The van der Waals surface area contributed by atoms with Crippen molar-refractivity contribution in [2.24, 2.45) is 0 Å². The zero-order chi connectivity index (χ0) is 23.8. The predicted molar refractivity (Wildman–Crippen MR) is 139 cm³/mol. The van der Waals surface area contributed by atoms with E-state index >= 15 is 0 Å². The molecule has 0 unspecified atom stereocenters. The molecule has 0 radical (unpaired) electrons. The van der Waals surface area contributed by atoms with Crippen LogP contribution in [0.1, 0.15) is 50.2 Å². The third kappa shape index (κ3) is 7.54. The van der Waals surface area contributed by atoms with Crippen LogP contribution in [0.15, 0.2) is 42.5 Å². The second-order valence-corrected chi connectivity index (χ2v) is 10.5. The van der Waals surface area contributed by atoms with E-state index < -0.39 is 6.04 Å². The Bertz CT molecular complexity index is 946. The molecule has 1 aliphatic rings. The minimum absolute atomic E-state index is 0.144. The maximum atomic E-state index is 13.3. The number of carbonyl (C=O) groups is 2. The zero-order valence-corrected chi connectivity index (χ0v) is 21.7. The van der Waals surface area contributed by atoms with Gasteiger partial charge in [-0.3, -0.25) is 9.59 Å². The topological polar surface area (TPSA) is 49.4 Å². The molecule has 178 valence electrons. The fourth-order valence-electron chi connectivity index (χ4n) is 3.95. The van der Waals surface area contributed by atoms with Crippen LogP contribution in [-0.2, 0) is 21.9 Å². The minimum Gasteiger partial charge on any atom is -0.352 e. The van der Waals surface area contributed by atoms with Gasteiger partial charge in [-0.05, 0) is 43.5 Å². The van der Waals surface area contributed by atoms with Gasteiger partial charge < -0.3 is 10.2 Å². The SMILES string of the molecule is C[C@@H](C(=O)NC1CCCCC1)N(Cc1c(Cl)cccc1Cl)C(=O)CSCc1ccccc1Cl.